The van der Waals surface area contributed by atoms with Crippen LogP contribution >= 0.6 is 27.7 Å². The Bertz CT molecular complexity index is 392. The first-order valence-corrected chi connectivity index (χ1v) is 6.97. The molecule has 0 saturated carbocycles. The highest BCUT2D eigenvalue weighted by Gasteiger charge is 2.32. The highest BCUT2D eigenvalue weighted by atomic mass is 79.9. The molecule has 3 N–H and O–H groups in total. The second-order valence-electron chi connectivity index (χ2n) is 4.33. The average molecular weight is 318 g/mol. The van der Waals surface area contributed by atoms with Gasteiger partial charge < -0.3 is 10.8 Å². The van der Waals surface area contributed by atoms with Gasteiger partial charge in [-0.25, -0.2) is 0 Å². The average Bonchev–Trinajstić information content (AvgIpc) is 2.27. The first kappa shape index (κ1) is 14.5. The minimum absolute atomic E-state index is 0.487. The van der Waals surface area contributed by atoms with Gasteiger partial charge in [-0.05, 0) is 31.5 Å². The van der Waals surface area contributed by atoms with E-state index >= 15 is 0 Å². The molecule has 1 rings (SSSR count). The Morgan fingerprint density at radius 3 is 2.47 bits per heavy atom. The monoisotopic (exact) mass is 317 g/mol. The molecule has 5 heteroatoms. The minimum atomic E-state index is -0.960. The van der Waals surface area contributed by atoms with Crippen molar-refractivity contribution < 1.29 is 9.90 Å². The van der Waals surface area contributed by atoms with Gasteiger partial charge in [0, 0.05) is 15.0 Å². The van der Waals surface area contributed by atoms with Crippen LogP contribution in [0.15, 0.2) is 28.7 Å². The molecule has 94 valence electrons. The molecule has 0 aliphatic carbocycles. The van der Waals surface area contributed by atoms with Crippen LogP contribution in [0.3, 0.4) is 0 Å². The number of hydrogen-bond acceptors (Lipinski definition) is 3. The molecule has 0 saturated heterocycles. The third-order valence-corrected chi connectivity index (χ3v) is 4.54. The van der Waals surface area contributed by atoms with E-state index < -0.39 is 16.8 Å². The Labute approximate surface area is 114 Å². The van der Waals surface area contributed by atoms with Crippen molar-refractivity contribution in [2.45, 2.75) is 30.4 Å². The SMILES string of the molecule is CC(C)(SCc1ccc(Br)cc1)[C@H](N)C(=O)O. The van der Waals surface area contributed by atoms with E-state index in [9.17, 15) is 4.79 Å². The van der Waals surface area contributed by atoms with Gasteiger partial charge in [-0.15, -0.1) is 11.8 Å². The predicted octanol–water partition coefficient (Wildman–Crippen LogP) is 2.87. The van der Waals surface area contributed by atoms with Gasteiger partial charge in [-0.2, -0.15) is 0 Å². The maximum atomic E-state index is 10.9. The predicted molar refractivity (Wildman–Crippen MR) is 75.1 cm³/mol. The molecule has 1 aromatic carbocycles. The number of carboxylic acid groups (broad SMARTS) is 1. The lowest BCUT2D eigenvalue weighted by Crippen LogP contribution is -2.46. The molecular weight excluding hydrogens is 302 g/mol. The maximum absolute atomic E-state index is 10.9. The first-order chi connectivity index (χ1) is 7.83. The molecule has 3 nitrogen and oxygen atoms in total. The van der Waals surface area contributed by atoms with E-state index in [1.54, 1.807) is 11.8 Å². The number of carboxylic acids is 1. The molecule has 1 atom stereocenters. The van der Waals surface area contributed by atoms with Crippen LogP contribution in [0.1, 0.15) is 19.4 Å². The summed E-state index contributed by atoms with van der Waals surface area (Å²) in [6.45, 7) is 3.71. The van der Waals surface area contributed by atoms with E-state index in [0.717, 1.165) is 15.8 Å². The van der Waals surface area contributed by atoms with Crippen LogP contribution in [0.25, 0.3) is 0 Å². The number of rotatable bonds is 5. The van der Waals surface area contributed by atoms with Crippen LogP contribution in [-0.2, 0) is 10.5 Å². The Morgan fingerprint density at radius 2 is 2.00 bits per heavy atom. The topological polar surface area (TPSA) is 63.3 Å². The Morgan fingerprint density at radius 1 is 1.47 bits per heavy atom. The highest BCUT2D eigenvalue weighted by molar-refractivity contribution is 9.10. The second-order valence-corrected chi connectivity index (χ2v) is 6.88. The molecule has 0 fully saturated rings. The molecule has 0 unspecified atom stereocenters. The van der Waals surface area contributed by atoms with Crippen molar-refractivity contribution in [3.05, 3.63) is 34.3 Å². The van der Waals surface area contributed by atoms with Crippen LogP contribution in [0.5, 0.6) is 0 Å². The molecular formula is C12H16BrNO2S. The summed E-state index contributed by atoms with van der Waals surface area (Å²) in [6.07, 6.45) is 0. The van der Waals surface area contributed by atoms with Crippen LogP contribution in [0.4, 0.5) is 0 Å². The zero-order valence-electron chi connectivity index (χ0n) is 9.81. The van der Waals surface area contributed by atoms with Crippen molar-refractivity contribution >= 4 is 33.7 Å². The number of aliphatic carboxylic acids is 1. The van der Waals surface area contributed by atoms with Gasteiger partial charge >= 0.3 is 5.97 Å². The minimum Gasteiger partial charge on any atom is -0.480 e. The van der Waals surface area contributed by atoms with Gasteiger partial charge in [0.05, 0.1) is 0 Å². The van der Waals surface area contributed by atoms with Crippen molar-refractivity contribution in [2.75, 3.05) is 0 Å². The lowest BCUT2D eigenvalue weighted by atomic mass is 10.1. The Kier molecular flexibility index (Phi) is 5.04. The van der Waals surface area contributed by atoms with Crippen molar-refractivity contribution in [1.82, 2.24) is 0 Å². The van der Waals surface area contributed by atoms with Crippen molar-refractivity contribution in [2.24, 2.45) is 5.73 Å². The molecule has 0 aliphatic rings. The van der Waals surface area contributed by atoms with E-state index in [1.165, 1.54) is 0 Å². The van der Waals surface area contributed by atoms with Gasteiger partial charge in [-0.1, -0.05) is 28.1 Å². The van der Waals surface area contributed by atoms with Gasteiger partial charge in [0.25, 0.3) is 0 Å². The van der Waals surface area contributed by atoms with Crippen LogP contribution in [0, 0.1) is 0 Å². The molecule has 0 aromatic heterocycles. The normalized spacial score (nSPS) is 13.4. The van der Waals surface area contributed by atoms with Crippen molar-refractivity contribution in [3.63, 3.8) is 0 Å². The van der Waals surface area contributed by atoms with Crippen molar-refractivity contribution in [1.29, 1.82) is 0 Å². The summed E-state index contributed by atoms with van der Waals surface area (Å²) in [5.74, 6) is -0.209. The summed E-state index contributed by atoms with van der Waals surface area (Å²) in [4.78, 5) is 10.9. The van der Waals surface area contributed by atoms with Crippen LogP contribution < -0.4 is 5.73 Å². The quantitative estimate of drug-likeness (QED) is 0.876. The van der Waals surface area contributed by atoms with Gasteiger partial charge in [0.2, 0.25) is 0 Å². The fraction of sp³-hybridized carbons (Fsp3) is 0.417. The third kappa shape index (κ3) is 4.33. The van der Waals surface area contributed by atoms with Crippen LogP contribution in [0.2, 0.25) is 0 Å². The third-order valence-electron chi connectivity index (χ3n) is 2.54. The fourth-order valence-electron chi connectivity index (χ4n) is 1.24. The number of carbonyl (C=O) groups is 1. The van der Waals surface area contributed by atoms with Crippen molar-refractivity contribution in [3.8, 4) is 0 Å². The standard InChI is InChI=1S/C12H16BrNO2S/c1-12(2,10(14)11(15)16)17-7-8-3-5-9(13)6-4-8/h3-6,10H,7,14H2,1-2H3,(H,15,16)/t10-/m1/s1. The summed E-state index contributed by atoms with van der Waals surface area (Å²) in [5, 5.41) is 8.91. The maximum Gasteiger partial charge on any atom is 0.321 e. The summed E-state index contributed by atoms with van der Waals surface area (Å²) in [7, 11) is 0. The van der Waals surface area contributed by atoms with E-state index in [-0.39, 0.29) is 0 Å². The molecule has 0 heterocycles. The zero-order chi connectivity index (χ0) is 13.1. The van der Waals surface area contributed by atoms with E-state index in [4.69, 9.17) is 10.8 Å². The Balaban J connectivity index is 2.60. The summed E-state index contributed by atoms with van der Waals surface area (Å²) in [6, 6.07) is 7.11. The smallest absolute Gasteiger partial charge is 0.321 e. The zero-order valence-corrected chi connectivity index (χ0v) is 12.2. The number of nitrogens with two attached hydrogens (primary N) is 1. The highest BCUT2D eigenvalue weighted by Crippen LogP contribution is 2.30. The largest absolute Gasteiger partial charge is 0.480 e. The molecule has 0 aliphatic heterocycles. The van der Waals surface area contributed by atoms with E-state index in [0.29, 0.717) is 0 Å². The molecule has 1 aromatic rings. The molecule has 0 spiro atoms. The van der Waals surface area contributed by atoms with Gasteiger partial charge in [0.15, 0.2) is 0 Å². The summed E-state index contributed by atoms with van der Waals surface area (Å²) >= 11 is 4.93. The molecule has 0 bridgehead atoms. The molecule has 0 radical (unpaired) electrons. The Hall–Kier alpha value is -0.520. The number of benzene rings is 1. The second kappa shape index (κ2) is 5.89. The first-order valence-electron chi connectivity index (χ1n) is 5.20. The lowest BCUT2D eigenvalue weighted by molar-refractivity contribution is -0.139. The van der Waals surface area contributed by atoms with Gasteiger partial charge in [0.1, 0.15) is 6.04 Å². The van der Waals surface area contributed by atoms with Crippen LogP contribution in [-0.4, -0.2) is 21.9 Å². The fourth-order valence-corrected chi connectivity index (χ4v) is 2.51. The number of halogens is 1. The molecule has 0 amide bonds. The lowest BCUT2D eigenvalue weighted by Gasteiger charge is -2.28. The number of thioether (sulfide) groups is 1. The van der Waals surface area contributed by atoms with Gasteiger partial charge in [-0.3, -0.25) is 4.79 Å². The molecule has 17 heavy (non-hydrogen) atoms. The summed E-state index contributed by atoms with van der Waals surface area (Å²) < 4.78 is 0.548. The summed E-state index contributed by atoms with van der Waals surface area (Å²) in [5.41, 5.74) is 6.81. The van der Waals surface area contributed by atoms with E-state index in [1.807, 2.05) is 38.1 Å². The van der Waals surface area contributed by atoms with E-state index in [2.05, 4.69) is 15.9 Å². The number of hydrogen-bond donors (Lipinski definition) is 2.